The Labute approximate surface area is 101 Å². The van der Waals surface area contributed by atoms with Gasteiger partial charge in [-0.25, -0.2) is 0 Å². The summed E-state index contributed by atoms with van der Waals surface area (Å²) in [6, 6.07) is 17.4. The van der Waals surface area contributed by atoms with Gasteiger partial charge in [-0.05, 0) is 57.8 Å². The van der Waals surface area contributed by atoms with Crippen molar-refractivity contribution in [3.8, 4) is 0 Å². The van der Waals surface area contributed by atoms with Crippen LogP contribution in [0.15, 0.2) is 55.1 Å². The third kappa shape index (κ3) is 1.62. The van der Waals surface area contributed by atoms with Crippen molar-refractivity contribution in [3.05, 3.63) is 66.2 Å². The van der Waals surface area contributed by atoms with Gasteiger partial charge in [0.05, 0.1) is 0 Å². The lowest BCUT2D eigenvalue weighted by molar-refractivity contribution is 1.52. The minimum absolute atomic E-state index is 1.19. The second-order valence-electron chi connectivity index (χ2n) is 4.46. The van der Waals surface area contributed by atoms with Crippen LogP contribution in [0.5, 0.6) is 0 Å². The molecule has 0 fully saturated rings. The fraction of sp³-hybridized carbons (Fsp3) is 0.0588. The van der Waals surface area contributed by atoms with Crippen molar-refractivity contribution in [1.82, 2.24) is 0 Å². The van der Waals surface area contributed by atoms with Crippen molar-refractivity contribution in [3.63, 3.8) is 0 Å². The molecule has 0 aliphatic carbocycles. The molecule has 0 radical (unpaired) electrons. The lowest BCUT2D eigenvalue weighted by Crippen LogP contribution is -1.82. The largest absolute Gasteiger partial charge is 0.0985 e. The fourth-order valence-corrected chi connectivity index (χ4v) is 2.39. The third-order valence-electron chi connectivity index (χ3n) is 3.28. The second kappa shape index (κ2) is 3.74. The van der Waals surface area contributed by atoms with Crippen LogP contribution < -0.4 is 0 Å². The molecule has 0 bridgehead atoms. The summed E-state index contributed by atoms with van der Waals surface area (Å²) in [5, 5.41) is 5.21. The summed E-state index contributed by atoms with van der Waals surface area (Å²) in [5.74, 6) is 0. The van der Waals surface area contributed by atoms with E-state index in [-0.39, 0.29) is 0 Å². The average molecular weight is 218 g/mol. The minimum atomic E-state index is 1.19. The first-order chi connectivity index (χ1) is 8.28. The summed E-state index contributed by atoms with van der Waals surface area (Å²) >= 11 is 0. The zero-order valence-electron chi connectivity index (χ0n) is 9.90. The number of hydrogen-bond donors (Lipinski definition) is 0. The van der Waals surface area contributed by atoms with Gasteiger partial charge in [-0.2, -0.15) is 0 Å². The lowest BCUT2D eigenvalue weighted by Gasteiger charge is -2.07. The predicted molar refractivity (Wildman–Crippen MR) is 76.3 cm³/mol. The summed E-state index contributed by atoms with van der Waals surface area (Å²) < 4.78 is 0. The molecule has 0 saturated heterocycles. The molecule has 0 aromatic heterocycles. The van der Waals surface area contributed by atoms with E-state index in [9.17, 15) is 0 Å². The summed E-state index contributed by atoms with van der Waals surface area (Å²) in [6.07, 6.45) is 1.90. The standard InChI is InChI=1S/C17H14/c1-3-13-8-12(2)17-11-15-7-5-4-6-14(15)10-16(17)9-13/h3-11H,1H2,2H3. The highest BCUT2D eigenvalue weighted by Gasteiger charge is 2.01. The fourth-order valence-electron chi connectivity index (χ4n) is 2.39. The topological polar surface area (TPSA) is 0 Å². The van der Waals surface area contributed by atoms with E-state index in [0.717, 1.165) is 0 Å². The molecule has 0 atom stereocenters. The average Bonchev–Trinajstić information content (AvgIpc) is 2.36. The monoisotopic (exact) mass is 218 g/mol. The van der Waals surface area contributed by atoms with Crippen molar-refractivity contribution < 1.29 is 0 Å². The molecule has 0 aliphatic heterocycles. The zero-order valence-corrected chi connectivity index (χ0v) is 9.90. The lowest BCUT2D eigenvalue weighted by atomic mass is 9.98. The molecule has 0 amide bonds. The molecule has 0 spiro atoms. The number of hydrogen-bond acceptors (Lipinski definition) is 0. The molecular weight excluding hydrogens is 204 g/mol. The number of rotatable bonds is 1. The van der Waals surface area contributed by atoms with E-state index < -0.39 is 0 Å². The highest BCUT2D eigenvalue weighted by molar-refractivity contribution is 6.00. The van der Waals surface area contributed by atoms with Gasteiger partial charge in [-0.1, -0.05) is 43.0 Å². The van der Waals surface area contributed by atoms with Crippen LogP contribution in [0.25, 0.3) is 27.6 Å². The van der Waals surface area contributed by atoms with Crippen LogP contribution >= 0.6 is 0 Å². The van der Waals surface area contributed by atoms with Gasteiger partial charge < -0.3 is 0 Å². The highest BCUT2D eigenvalue weighted by atomic mass is 14.1. The van der Waals surface area contributed by atoms with Crippen LogP contribution in [-0.4, -0.2) is 0 Å². The second-order valence-corrected chi connectivity index (χ2v) is 4.46. The van der Waals surface area contributed by atoms with E-state index in [0.29, 0.717) is 0 Å². The molecule has 0 heteroatoms. The van der Waals surface area contributed by atoms with Gasteiger partial charge in [0, 0.05) is 0 Å². The van der Waals surface area contributed by atoms with Crippen molar-refractivity contribution >= 4 is 27.6 Å². The van der Waals surface area contributed by atoms with Gasteiger partial charge in [-0.3, -0.25) is 0 Å². The minimum Gasteiger partial charge on any atom is -0.0985 e. The van der Waals surface area contributed by atoms with Crippen LogP contribution in [0, 0.1) is 6.92 Å². The van der Waals surface area contributed by atoms with Crippen LogP contribution in [0.2, 0.25) is 0 Å². The molecule has 3 aromatic rings. The first kappa shape index (κ1) is 10.1. The SMILES string of the molecule is C=Cc1cc(C)c2cc3ccccc3cc2c1. The Morgan fingerprint density at radius 2 is 1.59 bits per heavy atom. The maximum Gasteiger partial charge on any atom is -0.0148 e. The third-order valence-corrected chi connectivity index (χ3v) is 3.28. The predicted octanol–water partition coefficient (Wildman–Crippen LogP) is 4.94. The molecular formula is C17H14. The Hall–Kier alpha value is -2.08. The molecule has 0 heterocycles. The summed E-state index contributed by atoms with van der Waals surface area (Å²) in [5.41, 5.74) is 2.49. The molecule has 3 rings (SSSR count). The van der Waals surface area contributed by atoms with Crippen molar-refractivity contribution in [1.29, 1.82) is 0 Å². The number of aryl methyl sites for hydroxylation is 1. The molecule has 0 nitrogen and oxygen atoms in total. The summed E-state index contributed by atoms with van der Waals surface area (Å²) in [7, 11) is 0. The van der Waals surface area contributed by atoms with Crippen LogP contribution in [0.3, 0.4) is 0 Å². The molecule has 3 aromatic carbocycles. The van der Waals surface area contributed by atoms with E-state index in [1.165, 1.54) is 32.7 Å². The molecule has 0 saturated carbocycles. The van der Waals surface area contributed by atoms with Gasteiger partial charge in [-0.15, -0.1) is 0 Å². The maximum atomic E-state index is 3.84. The quantitative estimate of drug-likeness (QED) is 0.507. The summed E-state index contributed by atoms with van der Waals surface area (Å²) in [4.78, 5) is 0. The Bertz CT molecular complexity index is 721. The number of benzene rings is 3. The Balaban J connectivity index is 2.47. The van der Waals surface area contributed by atoms with Gasteiger partial charge in [0.15, 0.2) is 0 Å². The van der Waals surface area contributed by atoms with Crippen LogP contribution in [0.4, 0.5) is 0 Å². The van der Waals surface area contributed by atoms with Gasteiger partial charge in [0.1, 0.15) is 0 Å². The van der Waals surface area contributed by atoms with E-state index >= 15 is 0 Å². The molecule has 0 unspecified atom stereocenters. The molecule has 0 aliphatic rings. The first-order valence-electron chi connectivity index (χ1n) is 5.83. The Kier molecular flexibility index (Phi) is 2.22. The van der Waals surface area contributed by atoms with Crippen LogP contribution in [0.1, 0.15) is 11.1 Å². The van der Waals surface area contributed by atoms with E-state index in [1.54, 1.807) is 0 Å². The Morgan fingerprint density at radius 1 is 0.882 bits per heavy atom. The van der Waals surface area contributed by atoms with E-state index in [4.69, 9.17) is 0 Å². The first-order valence-corrected chi connectivity index (χ1v) is 5.83. The van der Waals surface area contributed by atoms with Crippen molar-refractivity contribution in [2.75, 3.05) is 0 Å². The van der Waals surface area contributed by atoms with Crippen molar-refractivity contribution in [2.45, 2.75) is 6.92 Å². The molecule has 82 valence electrons. The van der Waals surface area contributed by atoms with Crippen LogP contribution in [-0.2, 0) is 0 Å². The van der Waals surface area contributed by atoms with Gasteiger partial charge in [0.2, 0.25) is 0 Å². The molecule has 17 heavy (non-hydrogen) atoms. The zero-order chi connectivity index (χ0) is 11.8. The van der Waals surface area contributed by atoms with Crippen molar-refractivity contribution in [2.24, 2.45) is 0 Å². The van der Waals surface area contributed by atoms with Gasteiger partial charge >= 0.3 is 0 Å². The Morgan fingerprint density at radius 3 is 2.29 bits per heavy atom. The van der Waals surface area contributed by atoms with E-state index in [2.05, 4.69) is 62.0 Å². The number of fused-ring (bicyclic) bond motifs is 2. The smallest absolute Gasteiger partial charge is 0.0148 e. The summed E-state index contributed by atoms with van der Waals surface area (Å²) in [6.45, 7) is 6.00. The van der Waals surface area contributed by atoms with Gasteiger partial charge in [0.25, 0.3) is 0 Å². The molecule has 0 N–H and O–H groups in total. The van der Waals surface area contributed by atoms with E-state index in [1.807, 2.05) is 6.08 Å². The normalized spacial score (nSPS) is 10.9. The highest BCUT2D eigenvalue weighted by Crippen LogP contribution is 2.26. The maximum absolute atomic E-state index is 3.84.